The van der Waals surface area contributed by atoms with E-state index >= 15 is 0 Å². The second-order valence-electron chi connectivity index (χ2n) is 9.22. The summed E-state index contributed by atoms with van der Waals surface area (Å²) in [6, 6.07) is 12.6. The van der Waals surface area contributed by atoms with Crippen molar-refractivity contribution < 1.29 is 22.7 Å². The average Bonchev–Trinajstić information content (AvgIpc) is 3.61. The van der Waals surface area contributed by atoms with Gasteiger partial charge in [-0.25, -0.2) is 14.6 Å². The first kappa shape index (κ1) is 27.0. The number of likely N-dealkylation sites (tertiary alicyclic amines) is 1. The van der Waals surface area contributed by atoms with Crippen molar-refractivity contribution in [2.75, 3.05) is 13.1 Å². The lowest BCUT2D eigenvalue weighted by molar-refractivity contribution is -0.137. The number of amides is 1. The molecular weight excluding hydrogens is 554 g/mol. The molecule has 1 amide bonds. The minimum absolute atomic E-state index is 0.0616. The Morgan fingerprint density at radius 3 is 2.49 bits per heavy atom. The van der Waals surface area contributed by atoms with E-state index < -0.39 is 17.8 Å². The van der Waals surface area contributed by atoms with Crippen LogP contribution < -0.4 is 4.74 Å². The van der Waals surface area contributed by atoms with E-state index in [1.54, 1.807) is 52.3 Å². The first-order valence-electron chi connectivity index (χ1n) is 12.0. The third-order valence-electron chi connectivity index (χ3n) is 6.73. The van der Waals surface area contributed by atoms with Gasteiger partial charge in [0.2, 0.25) is 5.88 Å². The highest BCUT2D eigenvalue weighted by Crippen LogP contribution is 2.39. The minimum Gasteiger partial charge on any atom is -0.474 e. The van der Waals surface area contributed by atoms with Crippen molar-refractivity contribution in [3.63, 3.8) is 0 Å². The minimum atomic E-state index is -4.49. The molecule has 0 bridgehead atoms. The molecule has 1 saturated heterocycles. The van der Waals surface area contributed by atoms with Gasteiger partial charge in [0.25, 0.3) is 5.91 Å². The molecule has 0 N–H and O–H groups in total. The van der Waals surface area contributed by atoms with Crippen molar-refractivity contribution in [3.05, 3.63) is 100 Å². The van der Waals surface area contributed by atoms with Gasteiger partial charge in [-0.05, 0) is 48.9 Å². The Bertz CT molecular complexity index is 1450. The number of alkyl halides is 3. The standard InChI is InChI=1S/C27H22Cl2F3N5O2/c1-16(39-25-8-5-19(13-34-25)27(30,31)32)20-14-36(15-21(20)17-3-6-22(28)23(29)11-17)26(38)18-4-7-24(33-12-18)37-10-2-9-35-37/h2-13,16,20-21H,14-15H2,1H3. The van der Waals surface area contributed by atoms with Crippen LogP contribution in [0.1, 0.15) is 34.3 Å². The molecule has 5 rings (SSSR count). The third kappa shape index (κ3) is 5.86. The number of hydrogen-bond donors (Lipinski definition) is 0. The molecule has 0 aliphatic carbocycles. The van der Waals surface area contributed by atoms with E-state index in [1.165, 1.54) is 12.3 Å². The topological polar surface area (TPSA) is 73.1 Å². The number of aromatic nitrogens is 4. The summed E-state index contributed by atoms with van der Waals surface area (Å²) in [5, 5.41) is 4.93. The molecule has 12 heteroatoms. The highest BCUT2D eigenvalue weighted by molar-refractivity contribution is 6.42. The maximum atomic E-state index is 13.5. The van der Waals surface area contributed by atoms with Crippen molar-refractivity contribution in [1.82, 2.24) is 24.6 Å². The summed E-state index contributed by atoms with van der Waals surface area (Å²) in [4.78, 5) is 23.4. The van der Waals surface area contributed by atoms with Gasteiger partial charge in [-0.1, -0.05) is 29.3 Å². The summed E-state index contributed by atoms with van der Waals surface area (Å²) in [6.45, 7) is 2.52. The van der Waals surface area contributed by atoms with Crippen LogP contribution in [0.3, 0.4) is 0 Å². The fourth-order valence-corrected chi connectivity index (χ4v) is 5.00. The smallest absolute Gasteiger partial charge is 0.417 e. The van der Waals surface area contributed by atoms with Crippen molar-refractivity contribution >= 4 is 29.1 Å². The fourth-order valence-electron chi connectivity index (χ4n) is 4.70. The quantitative estimate of drug-likeness (QED) is 0.269. The highest BCUT2D eigenvalue weighted by Gasteiger charge is 2.41. The lowest BCUT2D eigenvalue weighted by Gasteiger charge is -2.25. The van der Waals surface area contributed by atoms with Gasteiger partial charge in [-0.3, -0.25) is 4.79 Å². The number of halogens is 5. The molecule has 3 unspecified atom stereocenters. The van der Waals surface area contributed by atoms with Crippen LogP contribution in [-0.4, -0.2) is 49.7 Å². The van der Waals surface area contributed by atoms with Gasteiger partial charge < -0.3 is 9.64 Å². The number of rotatable bonds is 6. The number of carbonyl (C=O) groups excluding carboxylic acids is 1. The molecule has 0 saturated carbocycles. The third-order valence-corrected chi connectivity index (χ3v) is 7.47. The second-order valence-corrected chi connectivity index (χ2v) is 10.0. The Hall–Kier alpha value is -3.63. The molecule has 0 spiro atoms. The Labute approximate surface area is 232 Å². The first-order valence-corrected chi connectivity index (χ1v) is 12.8. The second kappa shape index (κ2) is 10.9. The van der Waals surface area contributed by atoms with E-state index in [2.05, 4.69) is 15.1 Å². The summed E-state index contributed by atoms with van der Waals surface area (Å²) >= 11 is 12.4. The molecular formula is C27H22Cl2F3N5O2. The molecule has 1 fully saturated rings. The number of pyridine rings is 2. The van der Waals surface area contributed by atoms with Gasteiger partial charge in [0.05, 0.1) is 21.2 Å². The summed E-state index contributed by atoms with van der Waals surface area (Å²) in [5.74, 6) is 0.0418. The molecule has 1 aromatic carbocycles. The molecule has 202 valence electrons. The number of ether oxygens (including phenoxy) is 1. The largest absolute Gasteiger partial charge is 0.474 e. The zero-order valence-electron chi connectivity index (χ0n) is 20.5. The van der Waals surface area contributed by atoms with Crippen LogP contribution in [0.4, 0.5) is 13.2 Å². The van der Waals surface area contributed by atoms with Crippen LogP contribution in [0.25, 0.3) is 5.82 Å². The van der Waals surface area contributed by atoms with Crippen LogP contribution in [0.5, 0.6) is 5.88 Å². The van der Waals surface area contributed by atoms with Gasteiger partial charge in [-0.2, -0.15) is 18.3 Å². The Kier molecular flexibility index (Phi) is 7.51. The number of nitrogens with zero attached hydrogens (tertiary/aromatic N) is 5. The number of carbonyl (C=O) groups is 1. The van der Waals surface area contributed by atoms with Crippen LogP contribution in [0.15, 0.2) is 73.3 Å². The lowest BCUT2D eigenvalue weighted by Crippen LogP contribution is -2.32. The van der Waals surface area contributed by atoms with Gasteiger partial charge >= 0.3 is 6.18 Å². The predicted octanol–water partition coefficient (Wildman–Crippen LogP) is 6.31. The average molecular weight is 576 g/mol. The van der Waals surface area contributed by atoms with Gasteiger partial charge in [0.15, 0.2) is 5.82 Å². The zero-order valence-corrected chi connectivity index (χ0v) is 22.0. The molecule has 4 heterocycles. The van der Waals surface area contributed by atoms with Crippen LogP contribution in [0.2, 0.25) is 10.0 Å². The predicted molar refractivity (Wildman–Crippen MR) is 139 cm³/mol. The maximum absolute atomic E-state index is 13.5. The van der Waals surface area contributed by atoms with Crippen molar-refractivity contribution in [2.24, 2.45) is 5.92 Å². The molecule has 0 radical (unpaired) electrons. The number of hydrogen-bond acceptors (Lipinski definition) is 5. The van der Waals surface area contributed by atoms with Gasteiger partial charge in [0, 0.05) is 55.8 Å². The summed E-state index contributed by atoms with van der Waals surface area (Å²) in [5.41, 5.74) is 0.422. The first-order chi connectivity index (χ1) is 18.6. The molecule has 7 nitrogen and oxygen atoms in total. The van der Waals surface area contributed by atoms with Crippen molar-refractivity contribution in [2.45, 2.75) is 25.1 Å². The van der Waals surface area contributed by atoms with Crippen molar-refractivity contribution in [3.8, 4) is 11.7 Å². The van der Waals surface area contributed by atoms with Crippen LogP contribution >= 0.6 is 23.2 Å². The highest BCUT2D eigenvalue weighted by atomic mass is 35.5. The van der Waals surface area contributed by atoms with Gasteiger partial charge in [0.1, 0.15) is 6.10 Å². The summed E-state index contributed by atoms with van der Waals surface area (Å²) in [6.07, 6.45) is 0.650. The van der Waals surface area contributed by atoms with E-state index in [4.69, 9.17) is 27.9 Å². The monoisotopic (exact) mass is 575 g/mol. The van der Waals surface area contributed by atoms with E-state index in [0.717, 1.165) is 17.8 Å². The van der Waals surface area contributed by atoms with Gasteiger partial charge in [-0.15, -0.1) is 0 Å². The normalized spacial score (nSPS) is 18.3. The van der Waals surface area contributed by atoms with Crippen LogP contribution in [-0.2, 0) is 6.18 Å². The van der Waals surface area contributed by atoms with Crippen LogP contribution in [0, 0.1) is 5.92 Å². The summed E-state index contributed by atoms with van der Waals surface area (Å²) in [7, 11) is 0. The Morgan fingerprint density at radius 1 is 1.05 bits per heavy atom. The Balaban J connectivity index is 1.38. The SMILES string of the molecule is CC(Oc1ccc(C(F)(F)F)cn1)C1CN(C(=O)c2ccc(-n3cccn3)nc2)CC1c1ccc(Cl)c(Cl)c1. The summed E-state index contributed by atoms with van der Waals surface area (Å²) < 4.78 is 46.4. The van der Waals surface area contributed by atoms with Crippen molar-refractivity contribution in [1.29, 1.82) is 0 Å². The maximum Gasteiger partial charge on any atom is 0.417 e. The van der Waals surface area contributed by atoms with E-state index in [-0.39, 0.29) is 23.6 Å². The van der Waals surface area contributed by atoms with E-state index in [1.807, 2.05) is 13.0 Å². The van der Waals surface area contributed by atoms with E-state index in [9.17, 15) is 18.0 Å². The molecule has 3 atom stereocenters. The molecule has 3 aromatic heterocycles. The lowest BCUT2D eigenvalue weighted by atomic mass is 9.86. The molecule has 4 aromatic rings. The molecule has 1 aliphatic heterocycles. The van der Waals surface area contributed by atoms with E-state index in [0.29, 0.717) is 34.5 Å². The molecule has 1 aliphatic rings. The zero-order chi connectivity index (χ0) is 27.7. The Morgan fingerprint density at radius 2 is 1.87 bits per heavy atom. The molecule has 39 heavy (non-hydrogen) atoms. The fraction of sp³-hybridized carbons (Fsp3) is 0.259. The number of benzene rings is 1.